The third-order valence-electron chi connectivity index (χ3n) is 5.15. The van der Waals surface area contributed by atoms with Gasteiger partial charge in [0.05, 0.1) is 17.9 Å². The van der Waals surface area contributed by atoms with Crippen LogP contribution in [0.3, 0.4) is 0 Å². The van der Waals surface area contributed by atoms with Crippen LogP contribution in [0.2, 0.25) is 0 Å². The van der Waals surface area contributed by atoms with E-state index in [2.05, 4.69) is 15.6 Å². The molecule has 180 valence electrons. The van der Waals surface area contributed by atoms with E-state index in [1.54, 1.807) is 18.2 Å². The second-order valence-electron chi connectivity index (χ2n) is 8.48. The number of aromatic amines is 1. The van der Waals surface area contributed by atoms with Crippen LogP contribution in [0.5, 0.6) is 5.75 Å². The number of hydrogen-bond donors (Lipinski definition) is 3. The number of benzene rings is 1. The largest absolute Gasteiger partial charge is 0.493 e. The molecule has 0 aliphatic heterocycles. The van der Waals surface area contributed by atoms with Crippen LogP contribution in [-0.4, -0.2) is 34.4 Å². The molecule has 1 heterocycles. The lowest BCUT2D eigenvalue weighted by molar-refractivity contribution is -0.125. The van der Waals surface area contributed by atoms with E-state index >= 15 is 0 Å². The highest BCUT2D eigenvalue weighted by Gasteiger charge is 2.22. The maximum absolute atomic E-state index is 12.9. The number of hydrogen-bond acceptors (Lipinski definition) is 5. The van der Waals surface area contributed by atoms with Crippen LogP contribution < -0.4 is 20.9 Å². The fourth-order valence-electron chi connectivity index (χ4n) is 3.64. The maximum atomic E-state index is 12.9. The lowest BCUT2D eigenvalue weighted by Crippen LogP contribution is -2.43. The van der Waals surface area contributed by atoms with E-state index in [4.69, 9.17) is 9.72 Å². The number of aryl methyl sites for hydroxylation is 1. The molecule has 8 nitrogen and oxygen atoms in total. The summed E-state index contributed by atoms with van der Waals surface area (Å²) in [6.45, 7) is 11.8. The Morgan fingerprint density at radius 3 is 2.45 bits per heavy atom. The zero-order valence-electron chi connectivity index (χ0n) is 20.5. The lowest BCUT2D eigenvalue weighted by atomic mass is 10.0. The van der Waals surface area contributed by atoms with Crippen LogP contribution in [-0.2, 0) is 22.4 Å². The first-order valence-corrected chi connectivity index (χ1v) is 11.7. The molecule has 2 aromatic rings. The summed E-state index contributed by atoms with van der Waals surface area (Å²) in [5, 5.41) is 5.60. The van der Waals surface area contributed by atoms with Gasteiger partial charge in [-0.15, -0.1) is 0 Å². The number of nitrogens with one attached hydrogen (secondary N) is 3. The Morgan fingerprint density at radius 1 is 1.15 bits per heavy atom. The topological polar surface area (TPSA) is 113 Å². The molecule has 0 aliphatic carbocycles. The van der Waals surface area contributed by atoms with Gasteiger partial charge < -0.3 is 20.4 Å². The quantitative estimate of drug-likeness (QED) is 0.475. The van der Waals surface area contributed by atoms with Gasteiger partial charge in [0.15, 0.2) is 0 Å². The number of amides is 2. The Morgan fingerprint density at radius 2 is 1.88 bits per heavy atom. The minimum Gasteiger partial charge on any atom is -0.493 e. The van der Waals surface area contributed by atoms with Gasteiger partial charge in [-0.25, -0.2) is 4.98 Å². The number of anilines is 1. The van der Waals surface area contributed by atoms with Gasteiger partial charge in [-0.3, -0.25) is 14.4 Å². The second-order valence-corrected chi connectivity index (χ2v) is 8.48. The van der Waals surface area contributed by atoms with Gasteiger partial charge in [0.25, 0.3) is 5.56 Å². The smallest absolute Gasteiger partial charge is 0.254 e. The zero-order chi connectivity index (χ0) is 24.5. The molecule has 0 aliphatic rings. The van der Waals surface area contributed by atoms with Crippen molar-refractivity contribution in [2.45, 2.75) is 73.3 Å². The molecule has 0 radical (unpaired) electrons. The van der Waals surface area contributed by atoms with E-state index in [0.29, 0.717) is 54.3 Å². The number of aromatic nitrogens is 2. The van der Waals surface area contributed by atoms with Crippen LogP contribution in [0.15, 0.2) is 23.0 Å². The molecule has 1 unspecified atom stereocenters. The average Bonchev–Trinajstić information content (AvgIpc) is 2.76. The van der Waals surface area contributed by atoms with Crippen molar-refractivity contribution in [1.29, 1.82) is 0 Å². The fraction of sp³-hybridized carbons (Fsp3) is 0.520. The first-order valence-electron chi connectivity index (χ1n) is 11.7. The van der Waals surface area contributed by atoms with Crippen molar-refractivity contribution in [3.05, 3.63) is 39.8 Å². The summed E-state index contributed by atoms with van der Waals surface area (Å²) in [6, 6.07) is 4.60. The van der Waals surface area contributed by atoms with E-state index < -0.39 is 6.04 Å². The number of nitrogens with zero attached hydrogens (tertiary/aromatic N) is 1. The lowest BCUT2D eigenvalue weighted by Gasteiger charge is -2.20. The molecule has 2 amide bonds. The molecule has 0 saturated carbocycles. The molecule has 8 heteroatoms. The number of carbonyl (C=O) groups is 2. The van der Waals surface area contributed by atoms with Crippen LogP contribution in [0.4, 0.5) is 5.69 Å². The molecule has 0 fully saturated rings. The van der Waals surface area contributed by atoms with Crippen LogP contribution in [0.25, 0.3) is 11.4 Å². The highest BCUT2D eigenvalue weighted by Crippen LogP contribution is 2.31. The molecular formula is C25H36N4O4. The van der Waals surface area contributed by atoms with Crippen LogP contribution in [0, 0.1) is 5.92 Å². The monoisotopic (exact) mass is 456 g/mol. The first-order chi connectivity index (χ1) is 15.7. The molecule has 33 heavy (non-hydrogen) atoms. The zero-order valence-corrected chi connectivity index (χ0v) is 20.5. The van der Waals surface area contributed by atoms with Crippen molar-refractivity contribution < 1.29 is 14.3 Å². The van der Waals surface area contributed by atoms with Crippen molar-refractivity contribution in [1.82, 2.24) is 15.3 Å². The Balaban J connectivity index is 2.47. The normalized spacial score (nSPS) is 11.8. The summed E-state index contributed by atoms with van der Waals surface area (Å²) in [5.74, 6) is 0.641. The Kier molecular flexibility index (Phi) is 9.63. The van der Waals surface area contributed by atoms with Gasteiger partial charge in [0.1, 0.15) is 17.6 Å². The molecule has 0 spiro atoms. The Bertz CT molecular complexity index is 1030. The van der Waals surface area contributed by atoms with E-state index in [-0.39, 0.29) is 23.3 Å². The van der Waals surface area contributed by atoms with Gasteiger partial charge in [-0.2, -0.15) is 0 Å². The van der Waals surface area contributed by atoms with Crippen molar-refractivity contribution in [3.63, 3.8) is 0 Å². The molecular weight excluding hydrogens is 420 g/mol. The summed E-state index contributed by atoms with van der Waals surface area (Å²) in [7, 11) is 0. The Hall–Kier alpha value is -3.16. The van der Waals surface area contributed by atoms with Crippen molar-refractivity contribution in [2.75, 3.05) is 11.9 Å². The predicted molar refractivity (Wildman–Crippen MR) is 131 cm³/mol. The predicted octanol–water partition coefficient (Wildman–Crippen LogP) is 3.84. The number of H-pyrrole nitrogens is 1. The van der Waals surface area contributed by atoms with Gasteiger partial charge in [-0.1, -0.05) is 34.6 Å². The van der Waals surface area contributed by atoms with Gasteiger partial charge in [-0.05, 0) is 49.8 Å². The molecule has 1 aromatic heterocycles. The van der Waals surface area contributed by atoms with Crippen molar-refractivity contribution in [2.24, 2.45) is 5.92 Å². The van der Waals surface area contributed by atoms with E-state index in [1.165, 1.54) is 6.92 Å². The van der Waals surface area contributed by atoms with Crippen LogP contribution in [0.1, 0.15) is 65.6 Å². The molecule has 3 N–H and O–H groups in total. The van der Waals surface area contributed by atoms with E-state index in [1.807, 2.05) is 34.6 Å². The highest BCUT2D eigenvalue weighted by molar-refractivity contribution is 5.97. The molecule has 1 aromatic carbocycles. The van der Waals surface area contributed by atoms with Gasteiger partial charge in [0, 0.05) is 18.2 Å². The summed E-state index contributed by atoms with van der Waals surface area (Å²) >= 11 is 0. The third kappa shape index (κ3) is 7.17. The maximum Gasteiger partial charge on any atom is 0.254 e. The highest BCUT2D eigenvalue weighted by atomic mass is 16.5. The summed E-state index contributed by atoms with van der Waals surface area (Å²) in [4.78, 5) is 44.7. The van der Waals surface area contributed by atoms with Gasteiger partial charge >= 0.3 is 0 Å². The average molecular weight is 457 g/mol. The molecule has 0 saturated heterocycles. The van der Waals surface area contributed by atoms with Crippen molar-refractivity contribution >= 4 is 17.5 Å². The Labute approximate surface area is 195 Å². The second kappa shape index (κ2) is 12.2. The molecule has 1 atom stereocenters. The van der Waals surface area contributed by atoms with E-state index in [9.17, 15) is 14.4 Å². The molecule has 2 rings (SSSR count). The number of rotatable bonds is 11. The standard InChI is InChI=1S/C25H36N4O4/c1-7-12-33-22-11-10-17(27-25(32)21(13-15(4)5)26-16(6)30)14-19(22)23-28-20(9-3)18(8-2)24(31)29-23/h10-11,14-15,21H,7-9,12-13H2,1-6H3,(H,26,30)(H,27,32)(H,28,29,31). The van der Waals surface area contributed by atoms with Crippen LogP contribution >= 0.6 is 0 Å². The summed E-state index contributed by atoms with van der Waals surface area (Å²) in [6.07, 6.45) is 2.57. The fourth-order valence-corrected chi connectivity index (χ4v) is 3.64. The third-order valence-corrected chi connectivity index (χ3v) is 5.15. The van der Waals surface area contributed by atoms with E-state index in [0.717, 1.165) is 12.1 Å². The summed E-state index contributed by atoms with van der Waals surface area (Å²) < 4.78 is 5.89. The SMILES string of the molecule is CCCOc1ccc(NC(=O)C(CC(C)C)NC(C)=O)cc1-c1nc(CC)c(CC)c(=O)[nH]1. The molecule has 0 bridgehead atoms. The number of carbonyl (C=O) groups excluding carboxylic acids is 2. The van der Waals surface area contributed by atoms with Crippen molar-refractivity contribution in [3.8, 4) is 17.1 Å². The summed E-state index contributed by atoms with van der Waals surface area (Å²) in [5.41, 5.74) is 2.37. The minimum absolute atomic E-state index is 0.169. The minimum atomic E-state index is -0.643. The van der Waals surface area contributed by atoms with Gasteiger partial charge in [0.2, 0.25) is 11.8 Å². The number of ether oxygens (including phenoxy) is 1. The first kappa shape index (κ1) is 26.1.